The summed E-state index contributed by atoms with van der Waals surface area (Å²) in [6, 6.07) is -2.68. The quantitative estimate of drug-likeness (QED) is 0.0977. The Morgan fingerprint density at radius 3 is 2.14 bits per heavy atom. The van der Waals surface area contributed by atoms with Crippen LogP contribution in [-0.4, -0.2) is 117 Å². The first-order chi connectivity index (χ1) is 20.8. The number of carbonyl (C=O) groups is 3. The number of rotatable bonds is 21. The third-order valence-corrected chi connectivity index (χ3v) is 7.00. The fourth-order valence-corrected chi connectivity index (χ4v) is 5.07. The van der Waals surface area contributed by atoms with Crippen LogP contribution in [0.1, 0.15) is 60.8 Å². The Morgan fingerprint density at radius 1 is 1.05 bits per heavy atom. The summed E-state index contributed by atoms with van der Waals surface area (Å²) in [6.07, 6.45) is 9.21. The Kier molecular flexibility index (Phi) is 18.0. The number of terminal acetylenes is 1. The fourth-order valence-electron chi connectivity index (χ4n) is 5.07. The van der Waals surface area contributed by atoms with Crippen LogP contribution in [0.15, 0.2) is 12.3 Å². The lowest BCUT2D eigenvalue weighted by atomic mass is 9.81. The molecule has 1 saturated heterocycles. The zero-order valence-electron chi connectivity index (χ0n) is 27.4. The number of carboxylic acid groups (broad SMARTS) is 1. The van der Waals surface area contributed by atoms with Crippen LogP contribution >= 0.6 is 0 Å². The van der Waals surface area contributed by atoms with Crippen molar-refractivity contribution in [3.05, 3.63) is 12.3 Å². The lowest BCUT2D eigenvalue weighted by Gasteiger charge is -2.44. The number of carbonyl (C=O) groups excluding carboxylic acids is 2. The van der Waals surface area contributed by atoms with Crippen molar-refractivity contribution < 1.29 is 47.9 Å². The molecule has 0 aliphatic carbocycles. The molecule has 1 rings (SSSR count). The van der Waals surface area contributed by atoms with E-state index in [9.17, 15) is 19.5 Å². The number of hydrogen-bond donors (Lipinski definition) is 3. The molecule has 1 aliphatic heterocycles. The maximum atomic E-state index is 13.5. The molecular formula is C31H53N3O10. The molecule has 0 aromatic heterocycles. The van der Waals surface area contributed by atoms with E-state index >= 15 is 0 Å². The van der Waals surface area contributed by atoms with E-state index in [2.05, 4.69) is 16.6 Å². The lowest BCUT2D eigenvalue weighted by Crippen LogP contribution is -2.64. The third kappa shape index (κ3) is 13.8. The summed E-state index contributed by atoms with van der Waals surface area (Å²) in [4.78, 5) is 39.6. The maximum Gasteiger partial charge on any atom is 0.411 e. The van der Waals surface area contributed by atoms with Gasteiger partial charge in [0.25, 0.3) is 0 Å². The Bertz CT molecular complexity index is 948. The highest BCUT2D eigenvalue weighted by Gasteiger charge is 2.55. The third-order valence-electron chi connectivity index (χ3n) is 7.00. The van der Waals surface area contributed by atoms with Gasteiger partial charge in [0.2, 0.25) is 5.91 Å². The van der Waals surface area contributed by atoms with E-state index in [0.717, 1.165) is 6.42 Å². The second kappa shape index (κ2) is 20.2. The Morgan fingerprint density at radius 2 is 1.64 bits per heavy atom. The average molecular weight is 628 g/mol. The van der Waals surface area contributed by atoms with Crippen LogP contribution < -0.4 is 10.6 Å². The van der Waals surface area contributed by atoms with E-state index in [1.54, 1.807) is 40.2 Å². The molecule has 252 valence electrons. The van der Waals surface area contributed by atoms with Crippen molar-refractivity contribution in [1.82, 2.24) is 15.5 Å². The standard InChI is InChI=1S/C31H53N3O10/c1-9-12-31(7,39-8)27(33-23(3)35)26-24(21-25(28(36)37)34(26)29(38)44-30(4,5)6)11-13-32-22-43-20-19-42-18-17-41-16-15-40-14-10-2/h2,11,13,24-27,32H,9,12,14-22H2,1,3-8H3,(H,33,35)(H,36,37)/b13-11-/t24-,25-,26-,27-,31?/m1/s1. The topological polar surface area (TPSA) is 154 Å². The first-order valence-electron chi connectivity index (χ1n) is 15.0. The SMILES string of the molecule is C#CCOCCOCCOCCOCN/C=C\[C@@H]1C[C@H](C(=O)O)N(C(=O)OC(C)(C)C)[C@H]1[C@@H](NC(C)=O)C(C)(CCC)OC. The van der Waals surface area contributed by atoms with Gasteiger partial charge in [0, 0.05) is 20.0 Å². The number of ether oxygens (including phenoxy) is 6. The van der Waals surface area contributed by atoms with Crippen molar-refractivity contribution in [3.63, 3.8) is 0 Å². The number of aliphatic carboxylic acids is 1. The molecule has 0 aromatic rings. The molecule has 0 spiro atoms. The number of hydrogen-bond acceptors (Lipinski definition) is 10. The van der Waals surface area contributed by atoms with E-state index in [-0.39, 0.29) is 25.7 Å². The van der Waals surface area contributed by atoms with Gasteiger partial charge in [-0.25, -0.2) is 9.59 Å². The largest absolute Gasteiger partial charge is 0.480 e. The highest BCUT2D eigenvalue weighted by atomic mass is 16.6. The molecule has 0 aromatic carbocycles. The van der Waals surface area contributed by atoms with Gasteiger partial charge in [-0.3, -0.25) is 9.69 Å². The number of likely N-dealkylation sites (tertiary alicyclic amines) is 1. The van der Waals surface area contributed by atoms with Crippen LogP contribution in [0.5, 0.6) is 0 Å². The second-order valence-electron chi connectivity index (χ2n) is 11.7. The summed E-state index contributed by atoms with van der Waals surface area (Å²) >= 11 is 0. The minimum absolute atomic E-state index is 0.117. The first kappa shape index (κ1) is 39.1. The monoisotopic (exact) mass is 627 g/mol. The highest BCUT2D eigenvalue weighted by molar-refractivity contribution is 5.82. The summed E-state index contributed by atoms with van der Waals surface area (Å²) in [7, 11) is 1.55. The van der Waals surface area contributed by atoms with Crippen molar-refractivity contribution >= 4 is 18.0 Å². The van der Waals surface area contributed by atoms with Crippen molar-refractivity contribution in [2.75, 3.05) is 60.1 Å². The van der Waals surface area contributed by atoms with Crippen LogP contribution in [-0.2, 0) is 38.0 Å². The van der Waals surface area contributed by atoms with Gasteiger partial charge in [0.1, 0.15) is 25.0 Å². The van der Waals surface area contributed by atoms with Gasteiger partial charge in [-0.15, -0.1) is 6.42 Å². The minimum Gasteiger partial charge on any atom is -0.480 e. The van der Waals surface area contributed by atoms with Gasteiger partial charge in [0.05, 0.1) is 57.3 Å². The van der Waals surface area contributed by atoms with Gasteiger partial charge in [-0.05, 0) is 46.7 Å². The van der Waals surface area contributed by atoms with Crippen LogP contribution in [0.3, 0.4) is 0 Å². The summed E-state index contributed by atoms with van der Waals surface area (Å²) in [6.45, 7) is 13.3. The molecule has 0 saturated carbocycles. The summed E-state index contributed by atoms with van der Waals surface area (Å²) in [5, 5.41) is 16.1. The molecule has 1 unspecified atom stereocenters. The van der Waals surface area contributed by atoms with Crippen molar-refractivity contribution in [3.8, 4) is 12.3 Å². The number of amides is 2. The molecule has 13 nitrogen and oxygen atoms in total. The fraction of sp³-hybridized carbons (Fsp3) is 0.774. The van der Waals surface area contributed by atoms with E-state index in [4.69, 9.17) is 34.8 Å². The number of nitrogens with zero attached hydrogens (tertiary/aromatic N) is 1. The molecule has 0 bridgehead atoms. The van der Waals surface area contributed by atoms with Crippen LogP contribution in [0.25, 0.3) is 0 Å². The molecule has 13 heteroatoms. The second-order valence-corrected chi connectivity index (χ2v) is 11.7. The average Bonchev–Trinajstić information content (AvgIpc) is 3.32. The molecule has 1 aliphatic rings. The minimum atomic E-state index is -1.17. The molecule has 3 N–H and O–H groups in total. The summed E-state index contributed by atoms with van der Waals surface area (Å²) in [5.41, 5.74) is -1.76. The molecule has 44 heavy (non-hydrogen) atoms. The predicted octanol–water partition coefficient (Wildman–Crippen LogP) is 2.54. The Labute approximate surface area is 262 Å². The highest BCUT2D eigenvalue weighted by Crippen LogP contribution is 2.39. The van der Waals surface area contributed by atoms with Crippen LogP contribution in [0.2, 0.25) is 0 Å². The van der Waals surface area contributed by atoms with E-state index in [0.29, 0.717) is 46.1 Å². The maximum absolute atomic E-state index is 13.5. The molecule has 5 atom stereocenters. The first-order valence-corrected chi connectivity index (χ1v) is 15.0. The van der Waals surface area contributed by atoms with E-state index in [1.807, 2.05) is 13.8 Å². The van der Waals surface area contributed by atoms with Gasteiger partial charge >= 0.3 is 12.1 Å². The normalized spacial score (nSPS) is 20.6. The molecule has 0 radical (unpaired) electrons. The van der Waals surface area contributed by atoms with Gasteiger partial charge < -0.3 is 44.2 Å². The molecule has 1 fully saturated rings. The Balaban J connectivity index is 2.93. The van der Waals surface area contributed by atoms with Gasteiger partial charge in [-0.2, -0.15) is 0 Å². The molecule has 1 heterocycles. The van der Waals surface area contributed by atoms with Crippen LogP contribution in [0, 0.1) is 18.3 Å². The zero-order valence-corrected chi connectivity index (χ0v) is 27.4. The van der Waals surface area contributed by atoms with E-state index < -0.39 is 47.3 Å². The number of methoxy groups -OCH3 is 1. The van der Waals surface area contributed by atoms with Crippen molar-refractivity contribution in [2.24, 2.45) is 5.92 Å². The van der Waals surface area contributed by atoms with E-state index in [1.165, 1.54) is 11.8 Å². The zero-order chi connectivity index (χ0) is 33.2. The lowest BCUT2D eigenvalue weighted by molar-refractivity contribution is -0.143. The number of carboxylic acids is 1. The van der Waals surface area contributed by atoms with Crippen molar-refractivity contribution in [2.45, 2.75) is 90.1 Å². The van der Waals surface area contributed by atoms with Gasteiger partial charge in [0.15, 0.2) is 0 Å². The molecular weight excluding hydrogens is 574 g/mol. The predicted molar refractivity (Wildman–Crippen MR) is 164 cm³/mol. The van der Waals surface area contributed by atoms with Crippen LogP contribution in [0.4, 0.5) is 4.79 Å². The van der Waals surface area contributed by atoms with Gasteiger partial charge in [-0.1, -0.05) is 25.3 Å². The molecule has 2 amide bonds. The van der Waals surface area contributed by atoms with Crippen molar-refractivity contribution in [1.29, 1.82) is 0 Å². The summed E-state index contributed by atoms with van der Waals surface area (Å²) in [5.74, 6) is 0.440. The number of nitrogens with one attached hydrogen (secondary N) is 2. The smallest absolute Gasteiger partial charge is 0.411 e. The Hall–Kier alpha value is -2.89. The summed E-state index contributed by atoms with van der Waals surface area (Å²) < 4.78 is 33.1.